The molecule has 0 amide bonds. The van der Waals surface area contributed by atoms with Gasteiger partial charge in [0.15, 0.2) is 0 Å². The van der Waals surface area contributed by atoms with Crippen molar-refractivity contribution >= 4 is 87.0 Å². The molecule has 12 aromatic rings. The van der Waals surface area contributed by atoms with E-state index in [0.717, 1.165) is 43.9 Å². The predicted octanol–water partition coefficient (Wildman–Crippen LogP) is 15.1. The quantitative estimate of drug-likeness (QED) is 0.173. The number of fused-ring (bicyclic) bond motifs is 10. The fraction of sp³-hybridized carbons (Fsp3) is 0. The van der Waals surface area contributed by atoms with E-state index in [4.69, 9.17) is 8.83 Å². The van der Waals surface area contributed by atoms with Crippen LogP contribution in [0.5, 0.6) is 0 Å². The van der Waals surface area contributed by atoms with Crippen molar-refractivity contribution in [3.63, 3.8) is 0 Å². The van der Waals surface area contributed by atoms with Gasteiger partial charge in [0.05, 0.1) is 0 Å². The molecule has 0 fully saturated rings. The molecule has 0 N–H and O–H groups in total. The zero-order valence-electron chi connectivity index (χ0n) is 29.1. The maximum atomic E-state index is 6.41. The molecular weight excluding hydrogens is 657 g/mol. The fourth-order valence-corrected chi connectivity index (χ4v) is 8.85. The van der Waals surface area contributed by atoms with Crippen LogP contribution in [0.1, 0.15) is 0 Å². The fourth-order valence-electron chi connectivity index (χ4n) is 8.85. The highest BCUT2D eigenvalue weighted by Gasteiger charge is 2.18. The zero-order valence-corrected chi connectivity index (χ0v) is 29.1. The molecule has 2 nitrogen and oxygen atoms in total. The minimum absolute atomic E-state index is 0.910. The number of furan rings is 2. The molecule has 54 heavy (non-hydrogen) atoms. The lowest BCUT2D eigenvalue weighted by atomic mass is 9.85. The van der Waals surface area contributed by atoms with Crippen molar-refractivity contribution in [3.05, 3.63) is 182 Å². The molecule has 0 bridgehead atoms. The van der Waals surface area contributed by atoms with Crippen LogP contribution in [0.3, 0.4) is 0 Å². The lowest BCUT2D eigenvalue weighted by molar-refractivity contribution is 0.669. The summed E-state index contributed by atoms with van der Waals surface area (Å²) in [5.41, 5.74) is 10.9. The summed E-state index contributed by atoms with van der Waals surface area (Å²) in [5, 5.41) is 14.3. The summed E-state index contributed by atoms with van der Waals surface area (Å²) in [5.74, 6) is 0. The van der Waals surface area contributed by atoms with Crippen molar-refractivity contribution in [2.45, 2.75) is 0 Å². The zero-order chi connectivity index (χ0) is 35.3. The second-order valence-electron chi connectivity index (χ2n) is 14.4. The molecule has 0 saturated heterocycles. The molecule has 0 unspecified atom stereocenters. The monoisotopic (exact) mass is 686 g/mol. The van der Waals surface area contributed by atoms with Gasteiger partial charge in [0.2, 0.25) is 0 Å². The first-order valence-electron chi connectivity index (χ1n) is 18.5. The summed E-state index contributed by atoms with van der Waals surface area (Å²) >= 11 is 0. The first-order chi connectivity index (χ1) is 26.7. The molecule has 0 aliphatic heterocycles. The van der Waals surface area contributed by atoms with E-state index in [0.29, 0.717) is 0 Å². The van der Waals surface area contributed by atoms with E-state index in [1.807, 2.05) is 12.1 Å². The molecule has 250 valence electrons. The molecule has 2 heteroatoms. The Bertz CT molecular complexity index is 3430. The highest BCUT2D eigenvalue weighted by atomic mass is 16.3. The van der Waals surface area contributed by atoms with Crippen LogP contribution in [-0.4, -0.2) is 0 Å². The molecule has 2 heterocycles. The van der Waals surface area contributed by atoms with Gasteiger partial charge < -0.3 is 8.83 Å². The Morgan fingerprint density at radius 1 is 0.222 bits per heavy atom. The van der Waals surface area contributed by atoms with Crippen LogP contribution in [0.2, 0.25) is 0 Å². The van der Waals surface area contributed by atoms with E-state index in [1.54, 1.807) is 0 Å². The van der Waals surface area contributed by atoms with Crippen LogP contribution in [0.25, 0.3) is 120 Å². The Hall–Kier alpha value is -7.16. The molecule has 0 aliphatic rings. The normalized spacial score (nSPS) is 12.1. The van der Waals surface area contributed by atoms with Crippen LogP contribution in [0.15, 0.2) is 191 Å². The third-order valence-electron chi connectivity index (χ3n) is 11.4. The standard InChI is InChI=1S/C52H30O2/c1-2-10-34-29-49-45(26-33(34)9-1)46-27-36-22-21-35(25-38(36)30-50(46)54-49)31-17-19-32(20-18-31)51-40-12-3-5-14-42(40)52(43-15-6-4-13-41(43)51)37-23-24-48-44(28-37)39-11-7-8-16-47(39)53-48/h1-30H. The predicted molar refractivity (Wildman–Crippen MR) is 227 cm³/mol. The van der Waals surface area contributed by atoms with E-state index >= 15 is 0 Å². The summed E-state index contributed by atoms with van der Waals surface area (Å²) in [7, 11) is 0. The minimum Gasteiger partial charge on any atom is -0.456 e. The first-order valence-corrected chi connectivity index (χ1v) is 18.5. The van der Waals surface area contributed by atoms with Gasteiger partial charge in [-0.05, 0) is 125 Å². The van der Waals surface area contributed by atoms with Gasteiger partial charge in [-0.15, -0.1) is 0 Å². The number of hydrogen-bond acceptors (Lipinski definition) is 2. The van der Waals surface area contributed by atoms with Gasteiger partial charge in [0.25, 0.3) is 0 Å². The Labute approximate surface area is 310 Å². The van der Waals surface area contributed by atoms with Crippen molar-refractivity contribution in [2.75, 3.05) is 0 Å². The van der Waals surface area contributed by atoms with Gasteiger partial charge >= 0.3 is 0 Å². The van der Waals surface area contributed by atoms with Crippen LogP contribution in [0, 0.1) is 0 Å². The summed E-state index contributed by atoms with van der Waals surface area (Å²) in [6.07, 6.45) is 0. The smallest absolute Gasteiger partial charge is 0.136 e. The van der Waals surface area contributed by atoms with E-state index in [2.05, 4.69) is 170 Å². The summed E-state index contributed by atoms with van der Waals surface area (Å²) < 4.78 is 12.6. The minimum atomic E-state index is 0.910. The van der Waals surface area contributed by atoms with Gasteiger partial charge in [0, 0.05) is 21.5 Å². The largest absolute Gasteiger partial charge is 0.456 e. The molecule has 0 saturated carbocycles. The van der Waals surface area contributed by atoms with Crippen LogP contribution >= 0.6 is 0 Å². The molecule has 2 aromatic heterocycles. The SMILES string of the molecule is c1ccc2cc3c(cc2c1)oc1cc2cc(-c4ccc(-c5c6ccccc6c(-c6ccc7oc8ccccc8c7c6)c6ccccc56)cc4)ccc2cc13. The molecule has 10 aromatic carbocycles. The Morgan fingerprint density at radius 2 is 0.667 bits per heavy atom. The van der Waals surface area contributed by atoms with E-state index in [1.165, 1.54) is 76.5 Å². The average Bonchev–Trinajstić information content (AvgIpc) is 3.77. The number of rotatable bonds is 3. The summed E-state index contributed by atoms with van der Waals surface area (Å²) in [6.45, 7) is 0. The van der Waals surface area contributed by atoms with Crippen molar-refractivity contribution in [3.8, 4) is 33.4 Å². The third kappa shape index (κ3) is 4.34. The highest BCUT2D eigenvalue weighted by molar-refractivity contribution is 6.22. The van der Waals surface area contributed by atoms with Crippen LogP contribution in [0.4, 0.5) is 0 Å². The lowest BCUT2D eigenvalue weighted by Crippen LogP contribution is -1.91. The van der Waals surface area contributed by atoms with Gasteiger partial charge in [-0.2, -0.15) is 0 Å². The topological polar surface area (TPSA) is 26.3 Å². The van der Waals surface area contributed by atoms with Crippen LogP contribution in [-0.2, 0) is 0 Å². The second kappa shape index (κ2) is 11.2. The Morgan fingerprint density at radius 3 is 1.35 bits per heavy atom. The third-order valence-corrected chi connectivity index (χ3v) is 11.4. The number of hydrogen-bond donors (Lipinski definition) is 0. The van der Waals surface area contributed by atoms with Gasteiger partial charge in [-0.25, -0.2) is 0 Å². The molecule has 0 atom stereocenters. The molecule has 0 aliphatic carbocycles. The number of para-hydroxylation sites is 1. The maximum absolute atomic E-state index is 6.41. The number of benzene rings is 10. The van der Waals surface area contributed by atoms with Crippen molar-refractivity contribution < 1.29 is 8.83 Å². The summed E-state index contributed by atoms with van der Waals surface area (Å²) in [6, 6.07) is 65.8. The molecule has 12 rings (SSSR count). The highest BCUT2D eigenvalue weighted by Crippen LogP contribution is 2.45. The second-order valence-corrected chi connectivity index (χ2v) is 14.4. The Kier molecular flexibility index (Phi) is 6.09. The molecular formula is C52H30O2. The van der Waals surface area contributed by atoms with Crippen molar-refractivity contribution in [1.82, 2.24) is 0 Å². The first kappa shape index (κ1) is 29.4. The maximum Gasteiger partial charge on any atom is 0.136 e. The van der Waals surface area contributed by atoms with E-state index < -0.39 is 0 Å². The molecule has 0 spiro atoms. The van der Waals surface area contributed by atoms with Gasteiger partial charge in [0.1, 0.15) is 22.3 Å². The van der Waals surface area contributed by atoms with Gasteiger partial charge in [-0.3, -0.25) is 0 Å². The summed E-state index contributed by atoms with van der Waals surface area (Å²) in [4.78, 5) is 0. The van der Waals surface area contributed by atoms with Crippen LogP contribution < -0.4 is 0 Å². The lowest BCUT2D eigenvalue weighted by Gasteiger charge is -2.18. The van der Waals surface area contributed by atoms with Crippen molar-refractivity contribution in [1.29, 1.82) is 0 Å². The van der Waals surface area contributed by atoms with Crippen molar-refractivity contribution in [2.24, 2.45) is 0 Å². The van der Waals surface area contributed by atoms with E-state index in [-0.39, 0.29) is 0 Å². The van der Waals surface area contributed by atoms with Gasteiger partial charge in [-0.1, -0.05) is 133 Å². The van der Waals surface area contributed by atoms with E-state index in [9.17, 15) is 0 Å². The Balaban J connectivity index is 0.977. The molecule has 0 radical (unpaired) electrons. The average molecular weight is 687 g/mol.